The molecule has 6 aromatic carbocycles. The van der Waals surface area contributed by atoms with Gasteiger partial charge in [-0.25, -0.2) is 0 Å². The zero-order chi connectivity index (χ0) is 24.7. The summed E-state index contributed by atoms with van der Waals surface area (Å²) in [6.07, 6.45) is 0. The van der Waals surface area contributed by atoms with Crippen LogP contribution in [0.2, 0.25) is 0 Å². The molecule has 1 aliphatic rings. The Kier molecular flexibility index (Phi) is 5.85. The van der Waals surface area contributed by atoms with E-state index in [1.807, 2.05) is 27.7 Å². The molecule has 0 aromatic heterocycles. The zero-order valence-corrected chi connectivity index (χ0v) is 21.7. The molecule has 0 spiro atoms. The summed E-state index contributed by atoms with van der Waals surface area (Å²) in [4.78, 5) is 0. The Balaban J connectivity index is 0.000000605. The minimum absolute atomic E-state index is 0.0268. The average Bonchev–Trinajstić information content (AvgIpc) is 3.17. The van der Waals surface area contributed by atoms with Gasteiger partial charge < -0.3 is 0 Å². The Morgan fingerprint density at radius 2 is 0.743 bits per heavy atom. The lowest BCUT2D eigenvalue weighted by atomic mass is 9.81. The van der Waals surface area contributed by atoms with Gasteiger partial charge in [0.05, 0.1) is 0 Å². The van der Waals surface area contributed by atoms with E-state index in [1.54, 1.807) is 0 Å². The lowest BCUT2D eigenvalue weighted by Crippen LogP contribution is -2.14. The number of fused-ring (bicyclic) bond motifs is 11. The molecule has 0 amide bonds. The molecule has 7 rings (SSSR count). The predicted molar refractivity (Wildman–Crippen MR) is 157 cm³/mol. The fourth-order valence-electron chi connectivity index (χ4n) is 5.90. The molecular formula is C35H34. The SMILES string of the molecule is CC.CC.CC1(C)c2ccc3ccc4ccccc4c3c2-c2c1ccc1ccc3ccccc3c21. The molecule has 0 saturated carbocycles. The predicted octanol–water partition coefficient (Wildman–Crippen LogP) is 10.7. The van der Waals surface area contributed by atoms with Crippen LogP contribution in [0, 0.1) is 0 Å². The van der Waals surface area contributed by atoms with Gasteiger partial charge in [0.15, 0.2) is 0 Å². The molecule has 0 nitrogen and oxygen atoms in total. The van der Waals surface area contributed by atoms with E-state index in [4.69, 9.17) is 0 Å². The zero-order valence-electron chi connectivity index (χ0n) is 21.7. The lowest BCUT2D eigenvalue weighted by Gasteiger charge is -2.22. The van der Waals surface area contributed by atoms with Crippen LogP contribution in [-0.2, 0) is 5.41 Å². The molecule has 0 radical (unpaired) electrons. The van der Waals surface area contributed by atoms with Crippen LogP contribution in [0.25, 0.3) is 54.2 Å². The lowest BCUT2D eigenvalue weighted by molar-refractivity contribution is 0.661. The number of hydrogen-bond acceptors (Lipinski definition) is 0. The molecule has 0 saturated heterocycles. The summed E-state index contributed by atoms with van der Waals surface area (Å²) < 4.78 is 0. The molecule has 0 atom stereocenters. The largest absolute Gasteiger partial charge is 0.0683 e. The smallest absolute Gasteiger partial charge is 0.0159 e. The Bertz CT molecular complexity index is 1570. The first-order chi connectivity index (χ1) is 17.1. The van der Waals surface area contributed by atoms with E-state index in [0.29, 0.717) is 0 Å². The average molecular weight is 455 g/mol. The van der Waals surface area contributed by atoms with E-state index >= 15 is 0 Å². The highest BCUT2D eigenvalue weighted by Crippen LogP contribution is 2.55. The van der Waals surface area contributed by atoms with E-state index in [9.17, 15) is 0 Å². The molecule has 1 aliphatic carbocycles. The fourth-order valence-corrected chi connectivity index (χ4v) is 5.90. The Hall–Kier alpha value is -3.64. The standard InChI is InChI=1S/C31H22.2C2H6/c1-31(2)25-17-15-21-13-11-19-7-3-5-9-23(19)27(21)29(25)30-26(31)18-16-22-14-12-20-8-4-6-10-24(20)28(22)30;2*1-2/h3-18H,1-2H3;2*1-2H3. The monoisotopic (exact) mass is 454 g/mol. The molecule has 6 aromatic rings. The first-order valence-electron chi connectivity index (χ1n) is 13.0. The van der Waals surface area contributed by atoms with Crippen LogP contribution in [0.5, 0.6) is 0 Å². The molecule has 0 heteroatoms. The summed E-state index contributed by atoms with van der Waals surface area (Å²) in [7, 11) is 0. The van der Waals surface area contributed by atoms with Gasteiger partial charge in [0, 0.05) is 5.41 Å². The second-order valence-electron chi connectivity index (χ2n) is 9.37. The van der Waals surface area contributed by atoms with E-state index < -0.39 is 0 Å². The second-order valence-corrected chi connectivity index (χ2v) is 9.37. The summed E-state index contributed by atoms with van der Waals surface area (Å²) in [6, 6.07) is 36.1. The van der Waals surface area contributed by atoms with Gasteiger partial charge in [0.1, 0.15) is 0 Å². The molecule has 0 heterocycles. The second kappa shape index (κ2) is 8.86. The molecule has 0 N–H and O–H groups in total. The molecule has 174 valence electrons. The number of hydrogen-bond donors (Lipinski definition) is 0. The van der Waals surface area contributed by atoms with Crippen molar-refractivity contribution in [2.45, 2.75) is 47.0 Å². The number of benzene rings is 6. The third kappa shape index (κ3) is 3.27. The highest BCUT2D eigenvalue weighted by molar-refractivity contribution is 6.23. The maximum absolute atomic E-state index is 2.38. The van der Waals surface area contributed by atoms with Crippen molar-refractivity contribution < 1.29 is 0 Å². The van der Waals surface area contributed by atoms with E-state index in [0.717, 1.165) is 0 Å². The third-order valence-corrected chi connectivity index (χ3v) is 7.42. The summed E-state index contributed by atoms with van der Waals surface area (Å²) in [5, 5.41) is 10.7. The minimum atomic E-state index is -0.0268. The van der Waals surface area contributed by atoms with Crippen molar-refractivity contribution in [2.24, 2.45) is 0 Å². The van der Waals surface area contributed by atoms with Gasteiger partial charge in [-0.15, -0.1) is 0 Å². The fraction of sp³-hybridized carbons (Fsp3) is 0.200. The van der Waals surface area contributed by atoms with Crippen LogP contribution >= 0.6 is 0 Å². The van der Waals surface area contributed by atoms with Crippen molar-refractivity contribution in [1.29, 1.82) is 0 Å². The summed E-state index contributed by atoms with van der Waals surface area (Å²) in [6.45, 7) is 12.8. The normalized spacial score (nSPS) is 13.1. The molecule has 0 bridgehead atoms. The summed E-state index contributed by atoms with van der Waals surface area (Å²) >= 11 is 0. The molecule has 35 heavy (non-hydrogen) atoms. The van der Waals surface area contributed by atoms with Crippen molar-refractivity contribution in [3.63, 3.8) is 0 Å². The van der Waals surface area contributed by atoms with Crippen LogP contribution in [0.4, 0.5) is 0 Å². The van der Waals surface area contributed by atoms with Gasteiger partial charge in [-0.3, -0.25) is 0 Å². The van der Waals surface area contributed by atoms with Gasteiger partial charge in [-0.1, -0.05) is 139 Å². The van der Waals surface area contributed by atoms with Crippen molar-refractivity contribution in [3.05, 3.63) is 108 Å². The van der Waals surface area contributed by atoms with Gasteiger partial charge >= 0.3 is 0 Å². The van der Waals surface area contributed by atoms with Crippen LogP contribution in [-0.4, -0.2) is 0 Å². The number of rotatable bonds is 0. The maximum atomic E-state index is 2.38. The van der Waals surface area contributed by atoms with Gasteiger partial charge in [0.2, 0.25) is 0 Å². The molecular weight excluding hydrogens is 420 g/mol. The highest BCUT2D eigenvalue weighted by atomic mass is 14.4. The summed E-state index contributed by atoms with van der Waals surface area (Å²) in [5.74, 6) is 0. The van der Waals surface area contributed by atoms with E-state index in [1.165, 1.54) is 65.3 Å². The van der Waals surface area contributed by atoms with Crippen LogP contribution in [0.3, 0.4) is 0 Å². The van der Waals surface area contributed by atoms with Crippen molar-refractivity contribution >= 4 is 43.1 Å². The van der Waals surface area contributed by atoms with Crippen LogP contribution < -0.4 is 0 Å². The van der Waals surface area contributed by atoms with Crippen LogP contribution in [0.15, 0.2) is 97.1 Å². The van der Waals surface area contributed by atoms with Gasteiger partial charge in [0.25, 0.3) is 0 Å². The molecule has 0 unspecified atom stereocenters. The molecule has 0 aliphatic heterocycles. The highest BCUT2D eigenvalue weighted by Gasteiger charge is 2.38. The van der Waals surface area contributed by atoms with Crippen molar-refractivity contribution in [3.8, 4) is 11.1 Å². The van der Waals surface area contributed by atoms with E-state index in [-0.39, 0.29) is 5.41 Å². The Labute approximate surface area is 209 Å². The first kappa shape index (κ1) is 23.1. The van der Waals surface area contributed by atoms with Crippen molar-refractivity contribution in [1.82, 2.24) is 0 Å². The van der Waals surface area contributed by atoms with E-state index in [2.05, 4.69) is 111 Å². The first-order valence-corrected chi connectivity index (χ1v) is 13.0. The maximum Gasteiger partial charge on any atom is 0.0159 e. The third-order valence-electron chi connectivity index (χ3n) is 7.42. The van der Waals surface area contributed by atoms with Gasteiger partial charge in [-0.05, 0) is 65.3 Å². The molecule has 0 fully saturated rings. The summed E-state index contributed by atoms with van der Waals surface area (Å²) in [5.41, 5.74) is 5.70. The van der Waals surface area contributed by atoms with Crippen molar-refractivity contribution in [2.75, 3.05) is 0 Å². The topological polar surface area (TPSA) is 0 Å². The quantitative estimate of drug-likeness (QED) is 0.200. The minimum Gasteiger partial charge on any atom is -0.0683 e. The van der Waals surface area contributed by atoms with Gasteiger partial charge in [-0.2, -0.15) is 0 Å². The Morgan fingerprint density at radius 1 is 0.400 bits per heavy atom. The Morgan fingerprint density at radius 3 is 1.17 bits per heavy atom. The van der Waals surface area contributed by atoms with Crippen LogP contribution in [0.1, 0.15) is 52.7 Å².